The molecule has 0 bridgehead atoms. The van der Waals surface area contributed by atoms with Gasteiger partial charge in [0, 0.05) is 11.4 Å². The highest BCUT2D eigenvalue weighted by Crippen LogP contribution is 2.36. The predicted octanol–water partition coefficient (Wildman–Crippen LogP) is 6.31. The van der Waals surface area contributed by atoms with Crippen molar-refractivity contribution in [1.82, 2.24) is 0 Å². The Kier molecular flexibility index (Phi) is 8.12. The minimum Gasteiger partial charge on any atom is -0.497 e. The van der Waals surface area contributed by atoms with Gasteiger partial charge in [-0.3, -0.25) is 0 Å². The second-order valence-corrected chi connectivity index (χ2v) is 8.10. The van der Waals surface area contributed by atoms with Crippen LogP contribution in [0.3, 0.4) is 0 Å². The molecule has 2 aromatic carbocycles. The normalized spacial score (nSPS) is 11.9. The Hall–Kier alpha value is -2.80. The molecule has 0 aliphatic carbocycles. The van der Waals surface area contributed by atoms with Gasteiger partial charge in [0.25, 0.3) is 0 Å². The lowest BCUT2D eigenvalue weighted by molar-refractivity contribution is 0.394. The van der Waals surface area contributed by atoms with Crippen LogP contribution in [0.15, 0.2) is 56.6 Å². The van der Waals surface area contributed by atoms with E-state index in [9.17, 15) is 4.79 Å². The third kappa shape index (κ3) is 5.47. The minimum atomic E-state index is -0.416. The summed E-state index contributed by atoms with van der Waals surface area (Å²) >= 11 is 1.29. The average Bonchev–Trinajstić information content (AvgIpc) is 2.80. The topological polar surface area (TPSA) is 72.7 Å². The quantitative estimate of drug-likeness (QED) is 0.266. The molecule has 0 amide bonds. The molecule has 0 aliphatic heterocycles. The van der Waals surface area contributed by atoms with Crippen LogP contribution in [0.5, 0.6) is 11.5 Å². The van der Waals surface area contributed by atoms with Gasteiger partial charge in [-0.05, 0) is 55.1 Å². The number of hydrogen-bond donors (Lipinski definition) is 2. The first-order chi connectivity index (χ1) is 15.1. The van der Waals surface area contributed by atoms with Crippen molar-refractivity contribution in [2.24, 2.45) is 0 Å². The Morgan fingerprint density at radius 2 is 1.87 bits per heavy atom. The summed E-state index contributed by atoms with van der Waals surface area (Å²) in [6.07, 6.45) is 4.26. The van der Waals surface area contributed by atoms with Crippen LogP contribution in [-0.2, 0) is 0 Å². The maximum absolute atomic E-state index is 12.9. The molecular formula is C24H30N2O4S. The Balaban J connectivity index is 1.99. The zero-order chi connectivity index (χ0) is 22.2. The first kappa shape index (κ1) is 22.9. The van der Waals surface area contributed by atoms with Crippen molar-refractivity contribution in [3.05, 3.63) is 52.9 Å². The summed E-state index contributed by atoms with van der Waals surface area (Å²) in [5.41, 5.74) is 1.31. The van der Waals surface area contributed by atoms with Gasteiger partial charge in [0.2, 0.25) is 0 Å². The molecule has 0 saturated carbocycles. The monoisotopic (exact) mass is 442 g/mol. The third-order valence-corrected chi connectivity index (χ3v) is 6.04. The lowest BCUT2D eigenvalue weighted by atomic mass is 10.1. The van der Waals surface area contributed by atoms with Gasteiger partial charge < -0.3 is 23.9 Å². The number of hydrogen-bond acceptors (Lipinski definition) is 7. The molecule has 0 aliphatic rings. The number of rotatable bonds is 11. The lowest BCUT2D eigenvalue weighted by Gasteiger charge is -2.21. The summed E-state index contributed by atoms with van der Waals surface area (Å²) in [4.78, 5) is 13.7. The van der Waals surface area contributed by atoms with E-state index in [0.717, 1.165) is 41.7 Å². The first-order valence-corrected chi connectivity index (χ1v) is 11.4. The summed E-state index contributed by atoms with van der Waals surface area (Å²) in [7, 11) is 3.23. The van der Waals surface area contributed by atoms with Gasteiger partial charge >= 0.3 is 5.63 Å². The molecular weight excluding hydrogens is 412 g/mol. The Labute approximate surface area is 187 Å². The average molecular weight is 443 g/mol. The van der Waals surface area contributed by atoms with E-state index in [4.69, 9.17) is 13.9 Å². The second kappa shape index (κ2) is 11.0. The van der Waals surface area contributed by atoms with Crippen molar-refractivity contribution in [3.8, 4) is 11.5 Å². The highest BCUT2D eigenvalue weighted by molar-refractivity contribution is 8.00. The summed E-state index contributed by atoms with van der Waals surface area (Å²) < 4.78 is 19.6. The Morgan fingerprint density at radius 1 is 1.06 bits per heavy atom. The number of fused-ring (bicyclic) bond motifs is 1. The van der Waals surface area contributed by atoms with Gasteiger partial charge in [-0.25, -0.2) is 4.79 Å². The number of ether oxygens (including phenoxy) is 2. The zero-order valence-corrected chi connectivity index (χ0v) is 19.3. The van der Waals surface area contributed by atoms with Crippen LogP contribution < -0.4 is 25.1 Å². The van der Waals surface area contributed by atoms with Crippen molar-refractivity contribution < 1.29 is 13.9 Å². The van der Waals surface area contributed by atoms with Crippen LogP contribution in [0, 0.1) is 0 Å². The van der Waals surface area contributed by atoms with E-state index in [1.165, 1.54) is 11.9 Å². The van der Waals surface area contributed by atoms with E-state index in [0.29, 0.717) is 22.8 Å². The number of benzene rings is 2. The van der Waals surface area contributed by atoms with E-state index >= 15 is 0 Å². The smallest absolute Gasteiger partial charge is 0.362 e. The largest absolute Gasteiger partial charge is 0.497 e. The molecule has 1 atom stereocenters. The molecule has 3 aromatic rings. The summed E-state index contributed by atoms with van der Waals surface area (Å²) in [6, 6.07) is 13.4. The fourth-order valence-electron chi connectivity index (χ4n) is 3.40. The highest BCUT2D eigenvalue weighted by atomic mass is 32.2. The van der Waals surface area contributed by atoms with E-state index in [2.05, 4.69) is 23.9 Å². The zero-order valence-electron chi connectivity index (χ0n) is 18.5. The molecule has 3 rings (SSSR count). The van der Waals surface area contributed by atoms with E-state index in [-0.39, 0.29) is 6.04 Å². The summed E-state index contributed by atoms with van der Waals surface area (Å²) in [5, 5.41) is 4.48. The highest BCUT2D eigenvalue weighted by Gasteiger charge is 2.18. The van der Waals surface area contributed by atoms with Crippen LogP contribution in [0.4, 0.5) is 11.4 Å². The number of unbranched alkanes of at least 4 members (excludes halogenated alkanes) is 1. The second-order valence-electron chi connectivity index (χ2n) is 7.25. The molecule has 166 valence electrons. The van der Waals surface area contributed by atoms with Crippen LogP contribution in [-0.4, -0.2) is 20.3 Å². The van der Waals surface area contributed by atoms with Crippen molar-refractivity contribution in [2.45, 2.75) is 50.5 Å². The van der Waals surface area contributed by atoms with Gasteiger partial charge in [-0.2, -0.15) is 0 Å². The molecule has 6 nitrogen and oxygen atoms in total. The van der Waals surface area contributed by atoms with E-state index < -0.39 is 5.63 Å². The number of nitrogens with one attached hydrogen (secondary N) is 2. The fourth-order valence-corrected chi connectivity index (χ4v) is 4.22. The Morgan fingerprint density at radius 3 is 2.58 bits per heavy atom. The van der Waals surface area contributed by atoms with Gasteiger partial charge in [0.05, 0.1) is 24.8 Å². The number of methoxy groups -OCH3 is 2. The molecule has 2 N–H and O–H groups in total. The van der Waals surface area contributed by atoms with Crippen molar-refractivity contribution in [1.29, 1.82) is 0 Å². The predicted molar refractivity (Wildman–Crippen MR) is 129 cm³/mol. The maximum Gasteiger partial charge on any atom is 0.362 e. The van der Waals surface area contributed by atoms with E-state index in [1.807, 2.05) is 42.5 Å². The number of para-hydroxylation sites is 1. The van der Waals surface area contributed by atoms with Crippen LogP contribution in [0.2, 0.25) is 0 Å². The molecule has 0 radical (unpaired) electrons. The summed E-state index contributed by atoms with van der Waals surface area (Å²) in [5.74, 6) is 1.40. The Bertz CT molecular complexity index is 1070. The molecule has 0 saturated heterocycles. The first-order valence-electron chi connectivity index (χ1n) is 10.6. The molecule has 1 unspecified atom stereocenters. The van der Waals surface area contributed by atoms with Gasteiger partial charge in [0.15, 0.2) is 5.69 Å². The molecule has 0 fully saturated rings. The fraction of sp³-hybridized carbons (Fsp3) is 0.375. The minimum absolute atomic E-state index is 0.266. The molecule has 1 heterocycles. The lowest BCUT2D eigenvalue weighted by Crippen LogP contribution is -2.21. The summed E-state index contributed by atoms with van der Waals surface area (Å²) in [6.45, 7) is 4.34. The molecule has 7 heteroatoms. The number of anilines is 2. The molecule has 1 aromatic heterocycles. The van der Waals surface area contributed by atoms with Gasteiger partial charge in [-0.1, -0.05) is 38.8 Å². The van der Waals surface area contributed by atoms with Crippen LogP contribution >= 0.6 is 11.9 Å². The van der Waals surface area contributed by atoms with E-state index in [1.54, 1.807) is 14.2 Å². The third-order valence-electron chi connectivity index (χ3n) is 5.19. The SMILES string of the molecule is CCCCC(CC)Nc1c(NSc2cc(OC)ccc2OC)c(=O)oc2ccccc12. The van der Waals surface area contributed by atoms with Crippen LogP contribution in [0.1, 0.15) is 39.5 Å². The van der Waals surface area contributed by atoms with Gasteiger partial charge in [0.1, 0.15) is 17.1 Å². The van der Waals surface area contributed by atoms with Crippen LogP contribution in [0.25, 0.3) is 11.0 Å². The van der Waals surface area contributed by atoms with Gasteiger partial charge in [-0.15, -0.1) is 0 Å². The molecule has 0 spiro atoms. The maximum atomic E-state index is 12.9. The van der Waals surface area contributed by atoms with Crippen molar-refractivity contribution >= 4 is 34.3 Å². The molecule has 31 heavy (non-hydrogen) atoms. The standard InChI is InChI=1S/C24H30N2O4S/c1-5-7-10-16(6-2)25-22-18-11-8-9-12-19(18)30-24(27)23(22)26-31-21-15-17(28-3)13-14-20(21)29-4/h8-9,11-16,25-26H,5-7,10H2,1-4H3. The van der Waals surface area contributed by atoms with Crippen molar-refractivity contribution in [2.75, 3.05) is 24.3 Å². The van der Waals surface area contributed by atoms with Crippen molar-refractivity contribution in [3.63, 3.8) is 0 Å².